The van der Waals surface area contributed by atoms with Crippen molar-refractivity contribution >= 4 is 37.6 Å². The van der Waals surface area contributed by atoms with Gasteiger partial charge in [-0.15, -0.1) is 0 Å². The molecule has 0 aromatic heterocycles. The van der Waals surface area contributed by atoms with Crippen molar-refractivity contribution in [2.45, 2.75) is 16.6 Å². The lowest BCUT2D eigenvalue weighted by Gasteiger charge is -2.10. The lowest BCUT2D eigenvalue weighted by atomic mass is 10.1. The number of carbonyl (C=O) groups is 1. The molecule has 0 aliphatic carbocycles. The second-order valence-corrected chi connectivity index (χ2v) is 5.24. The Morgan fingerprint density at radius 2 is 1.77 bits per heavy atom. The molecule has 3 heteroatoms. The Kier molecular flexibility index (Phi) is 4.13. The van der Waals surface area contributed by atoms with Crippen LogP contribution in [0.3, 0.4) is 0 Å². The van der Waals surface area contributed by atoms with Gasteiger partial charge in [0.05, 0.1) is 4.83 Å². The molecule has 0 radical (unpaired) electrons. The van der Waals surface area contributed by atoms with Gasteiger partial charge in [-0.25, -0.2) is 0 Å². The second kappa shape index (κ2) is 4.91. The summed E-state index contributed by atoms with van der Waals surface area (Å²) in [6.07, 6.45) is 0. The van der Waals surface area contributed by atoms with E-state index in [1.54, 1.807) is 0 Å². The summed E-state index contributed by atoms with van der Waals surface area (Å²) in [6, 6.07) is 9.28. The molecule has 2 unspecified atom stereocenters. The Labute approximate surface area is 94.8 Å². The number of hydrogen-bond acceptors (Lipinski definition) is 1. The predicted molar refractivity (Wildman–Crippen MR) is 61.9 cm³/mol. The van der Waals surface area contributed by atoms with Crippen LogP contribution in [0.5, 0.6) is 0 Å². The van der Waals surface area contributed by atoms with Crippen molar-refractivity contribution in [3.63, 3.8) is 0 Å². The Morgan fingerprint density at radius 3 is 2.23 bits per heavy atom. The van der Waals surface area contributed by atoms with E-state index < -0.39 is 0 Å². The fraction of sp³-hybridized carbons (Fsp3) is 0.300. The molecular formula is C10H10Br2O. The summed E-state index contributed by atoms with van der Waals surface area (Å²) in [4.78, 5) is 11.7. The van der Waals surface area contributed by atoms with Crippen molar-refractivity contribution < 1.29 is 4.79 Å². The van der Waals surface area contributed by atoms with Crippen LogP contribution in [0.4, 0.5) is 0 Å². The maximum atomic E-state index is 11.7. The minimum Gasteiger partial charge on any atom is -0.293 e. The van der Waals surface area contributed by atoms with Gasteiger partial charge >= 0.3 is 0 Å². The van der Waals surface area contributed by atoms with Crippen LogP contribution in [0, 0.1) is 0 Å². The monoisotopic (exact) mass is 304 g/mol. The first-order chi connectivity index (χ1) is 6.13. The van der Waals surface area contributed by atoms with Crippen LogP contribution < -0.4 is 0 Å². The zero-order chi connectivity index (χ0) is 9.84. The van der Waals surface area contributed by atoms with Crippen LogP contribution in [0.25, 0.3) is 0 Å². The topological polar surface area (TPSA) is 17.1 Å². The minimum absolute atomic E-state index is 0.116. The van der Waals surface area contributed by atoms with Crippen molar-refractivity contribution in [1.29, 1.82) is 0 Å². The molecule has 1 rings (SSSR count). The van der Waals surface area contributed by atoms with Gasteiger partial charge in [0.15, 0.2) is 5.78 Å². The number of halogens is 2. The third kappa shape index (κ3) is 2.92. The van der Waals surface area contributed by atoms with E-state index in [0.717, 1.165) is 5.56 Å². The minimum atomic E-state index is -0.158. The molecule has 0 amide bonds. The molecule has 0 heterocycles. The van der Waals surface area contributed by atoms with Crippen molar-refractivity contribution in [2.24, 2.45) is 0 Å². The maximum Gasteiger partial charge on any atom is 0.177 e. The Balaban J connectivity index is 2.80. The molecule has 0 saturated carbocycles. The molecule has 0 saturated heterocycles. The molecule has 0 N–H and O–H groups in total. The van der Waals surface area contributed by atoms with Crippen LogP contribution >= 0.6 is 31.9 Å². The van der Waals surface area contributed by atoms with E-state index in [4.69, 9.17) is 0 Å². The molecule has 0 aliphatic heterocycles. The highest BCUT2D eigenvalue weighted by Crippen LogP contribution is 2.18. The molecule has 0 spiro atoms. The number of rotatable bonds is 3. The molecule has 13 heavy (non-hydrogen) atoms. The molecule has 70 valence electrons. The van der Waals surface area contributed by atoms with E-state index in [0.29, 0.717) is 0 Å². The summed E-state index contributed by atoms with van der Waals surface area (Å²) in [5, 5.41) is 0. The van der Waals surface area contributed by atoms with Gasteiger partial charge in [-0.2, -0.15) is 0 Å². The normalized spacial score (nSPS) is 15.0. The number of carbonyl (C=O) groups excluding carboxylic acids is 1. The van der Waals surface area contributed by atoms with Crippen LogP contribution in [-0.4, -0.2) is 15.4 Å². The molecule has 0 aliphatic rings. The first kappa shape index (κ1) is 10.9. The quantitative estimate of drug-likeness (QED) is 0.618. The van der Waals surface area contributed by atoms with Gasteiger partial charge in [0, 0.05) is 10.4 Å². The second-order valence-electron chi connectivity index (χ2n) is 2.81. The summed E-state index contributed by atoms with van der Waals surface area (Å²) in [5.74, 6) is 0.116. The molecule has 1 aromatic carbocycles. The first-order valence-corrected chi connectivity index (χ1v) is 5.83. The van der Waals surface area contributed by atoms with Crippen LogP contribution in [-0.2, 0) is 0 Å². The standard InChI is InChI=1S/C10H10Br2O/c1-7(11)9(12)10(13)8-5-3-2-4-6-8/h2-7,9H,1H3. The van der Waals surface area contributed by atoms with Crippen molar-refractivity contribution in [3.05, 3.63) is 35.9 Å². The molecule has 1 aromatic rings. The predicted octanol–water partition coefficient (Wildman–Crippen LogP) is 3.42. The number of Topliss-reactive ketones (excluding diaryl/α,β-unsaturated/α-hetero) is 1. The number of ketones is 1. The highest BCUT2D eigenvalue weighted by molar-refractivity contribution is 9.12. The third-order valence-corrected chi connectivity index (χ3v) is 4.16. The van der Waals surface area contributed by atoms with Crippen LogP contribution in [0.2, 0.25) is 0 Å². The summed E-state index contributed by atoms with van der Waals surface area (Å²) in [7, 11) is 0. The Hall–Kier alpha value is -0.150. The number of hydrogen-bond donors (Lipinski definition) is 0. The average molecular weight is 306 g/mol. The van der Waals surface area contributed by atoms with E-state index >= 15 is 0 Å². The average Bonchev–Trinajstić information content (AvgIpc) is 2.17. The summed E-state index contributed by atoms with van der Waals surface area (Å²) in [6.45, 7) is 1.94. The van der Waals surface area contributed by atoms with Gasteiger partial charge in [-0.05, 0) is 0 Å². The molecule has 0 fully saturated rings. The number of alkyl halides is 2. The number of benzene rings is 1. The zero-order valence-electron chi connectivity index (χ0n) is 7.21. The Morgan fingerprint density at radius 1 is 1.23 bits per heavy atom. The molecule has 2 atom stereocenters. The van der Waals surface area contributed by atoms with E-state index in [2.05, 4.69) is 31.9 Å². The van der Waals surface area contributed by atoms with Gasteiger partial charge in [-0.3, -0.25) is 4.79 Å². The van der Waals surface area contributed by atoms with Gasteiger partial charge < -0.3 is 0 Å². The van der Waals surface area contributed by atoms with E-state index in [-0.39, 0.29) is 15.4 Å². The lowest BCUT2D eigenvalue weighted by molar-refractivity contribution is 0.0992. The maximum absolute atomic E-state index is 11.7. The van der Waals surface area contributed by atoms with Crippen LogP contribution in [0.15, 0.2) is 30.3 Å². The lowest BCUT2D eigenvalue weighted by Crippen LogP contribution is -2.21. The van der Waals surface area contributed by atoms with Crippen molar-refractivity contribution in [3.8, 4) is 0 Å². The van der Waals surface area contributed by atoms with Gasteiger partial charge in [0.2, 0.25) is 0 Å². The summed E-state index contributed by atoms with van der Waals surface area (Å²) in [5.41, 5.74) is 0.746. The van der Waals surface area contributed by atoms with E-state index in [9.17, 15) is 4.79 Å². The largest absolute Gasteiger partial charge is 0.293 e. The molecular weight excluding hydrogens is 296 g/mol. The highest BCUT2D eigenvalue weighted by Gasteiger charge is 2.20. The van der Waals surface area contributed by atoms with Gasteiger partial charge in [-0.1, -0.05) is 69.1 Å². The van der Waals surface area contributed by atoms with Crippen molar-refractivity contribution in [1.82, 2.24) is 0 Å². The SMILES string of the molecule is CC(Br)C(Br)C(=O)c1ccccc1. The first-order valence-electron chi connectivity index (χ1n) is 4.00. The fourth-order valence-electron chi connectivity index (χ4n) is 0.970. The third-order valence-electron chi connectivity index (χ3n) is 1.71. The summed E-state index contributed by atoms with van der Waals surface area (Å²) < 4.78 is 0. The van der Waals surface area contributed by atoms with Gasteiger partial charge in [0.1, 0.15) is 0 Å². The molecule has 1 nitrogen and oxygen atoms in total. The van der Waals surface area contributed by atoms with Crippen molar-refractivity contribution in [2.75, 3.05) is 0 Å². The molecule has 0 bridgehead atoms. The smallest absolute Gasteiger partial charge is 0.177 e. The van der Waals surface area contributed by atoms with Gasteiger partial charge in [0.25, 0.3) is 0 Å². The highest BCUT2D eigenvalue weighted by atomic mass is 79.9. The summed E-state index contributed by atoms with van der Waals surface area (Å²) >= 11 is 6.72. The fourth-order valence-corrected chi connectivity index (χ4v) is 1.47. The zero-order valence-corrected chi connectivity index (χ0v) is 10.4. The van der Waals surface area contributed by atoms with Crippen LogP contribution in [0.1, 0.15) is 17.3 Å². The Bertz CT molecular complexity index is 282. The van der Waals surface area contributed by atoms with E-state index in [1.807, 2.05) is 37.3 Å². The van der Waals surface area contributed by atoms with E-state index in [1.165, 1.54) is 0 Å².